The highest BCUT2D eigenvalue weighted by molar-refractivity contribution is 6.09. The molecule has 2 amide bonds. The van der Waals surface area contributed by atoms with Gasteiger partial charge in [-0.3, -0.25) is 9.59 Å². The van der Waals surface area contributed by atoms with Gasteiger partial charge in [-0.2, -0.15) is 0 Å². The lowest BCUT2D eigenvalue weighted by Gasteiger charge is -2.19. The summed E-state index contributed by atoms with van der Waals surface area (Å²) in [5.74, 6) is 0.455. The van der Waals surface area contributed by atoms with Crippen LogP contribution < -0.4 is 10.2 Å². The van der Waals surface area contributed by atoms with Crippen LogP contribution in [0.2, 0.25) is 0 Å². The number of nitrogens with zero attached hydrogens (tertiary/aromatic N) is 1. The number of benzene rings is 1. The number of nitrogens with one attached hydrogen (secondary N) is 1. The van der Waals surface area contributed by atoms with Crippen LogP contribution in [-0.2, 0) is 6.42 Å². The number of carbonyl (C=O) groups is 2. The van der Waals surface area contributed by atoms with Gasteiger partial charge in [-0.1, -0.05) is 12.1 Å². The number of rotatable bonds is 6. The minimum absolute atomic E-state index is 0.218. The highest BCUT2D eigenvalue weighted by atomic mass is 16.3. The second kappa shape index (κ2) is 7.53. The molecule has 1 N–H and O–H groups in total. The standard InChI is InChI=1S/C19H18N2O4/c1-21(19(23)17-9-5-13-25-17)16-8-3-2-7-15(16)18(22)20-11-10-14-6-4-12-24-14/h2-9,12-13H,10-11H2,1H3,(H,20,22). The average Bonchev–Trinajstić information content (AvgIpc) is 3.34. The fourth-order valence-electron chi connectivity index (χ4n) is 2.48. The highest BCUT2D eigenvalue weighted by Gasteiger charge is 2.21. The third kappa shape index (κ3) is 3.80. The summed E-state index contributed by atoms with van der Waals surface area (Å²) < 4.78 is 10.4. The van der Waals surface area contributed by atoms with Gasteiger partial charge >= 0.3 is 0 Å². The molecule has 0 aliphatic heterocycles. The molecule has 0 bridgehead atoms. The Labute approximate surface area is 145 Å². The maximum Gasteiger partial charge on any atom is 0.293 e. The number of furan rings is 2. The van der Waals surface area contributed by atoms with Gasteiger partial charge in [-0.05, 0) is 36.4 Å². The molecule has 0 aliphatic rings. The smallest absolute Gasteiger partial charge is 0.293 e. The van der Waals surface area contributed by atoms with Crippen molar-refractivity contribution >= 4 is 17.5 Å². The number of hydrogen-bond acceptors (Lipinski definition) is 4. The van der Waals surface area contributed by atoms with Crippen molar-refractivity contribution in [3.8, 4) is 0 Å². The minimum atomic E-state index is -0.319. The van der Waals surface area contributed by atoms with Crippen LogP contribution in [0.4, 0.5) is 5.69 Å². The zero-order valence-electron chi connectivity index (χ0n) is 13.8. The largest absolute Gasteiger partial charge is 0.469 e. The Morgan fingerprint density at radius 3 is 2.48 bits per heavy atom. The van der Waals surface area contributed by atoms with E-state index < -0.39 is 0 Å². The van der Waals surface area contributed by atoms with E-state index in [-0.39, 0.29) is 17.6 Å². The molecule has 2 heterocycles. The number of para-hydroxylation sites is 1. The highest BCUT2D eigenvalue weighted by Crippen LogP contribution is 2.21. The van der Waals surface area contributed by atoms with E-state index in [1.165, 1.54) is 11.2 Å². The van der Waals surface area contributed by atoms with Gasteiger partial charge in [0, 0.05) is 20.0 Å². The maximum absolute atomic E-state index is 12.5. The molecule has 3 rings (SSSR count). The Morgan fingerprint density at radius 1 is 1.00 bits per heavy atom. The molecule has 25 heavy (non-hydrogen) atoms. The third-order valence-electron chi connectivity index (χ3n) is 3.78. The Balaban J connectivity index is 1.71. The molecule has 6 nitrogen and oxygen atoms in total. The summed E-state index contributed by atoms with van der Waals surface area (Å²) in [4.78, 5) is 26.3. The van der Waals surface area contributed by atoms with E-state index >= 15 is 0 Å². The molecule has 0 unspecified atom stereocenters. The lowest BCUT2D eigenvalue weighted by atomic mass is 10.1. The first-order valence-corrected chi connectivity index (χ1v) is 7.88. The molecule has 0 aliphatic carbocycles. The summed E-state index contributed by atoms with van der Waals surface area (Å²) in [5.41, 5.74) is 0.934. The molecule has 0 spiro atoms. The predicted octanol–water partition coefficient (Wildman–Crippen LogP) is 3.12. The molecule has 0 atom stereocenters. The topological polar surface area (TPSA) is 75.7 Å². The van der Waals surface area contributed by atoms with Crippen molar-refractivity contribution < 1.29 is 18.4 Å². The quantitative estimate of drug-likeness (QED) is 0.749. The summed E-state index contributed by atoms with van der Waals surface area (Å²) in [6.45, 7) is 0.441. The Hall–Kier alpha value is -3.28. The molecule has 0 radical (unpaired) electrons. The summed E-state index contributed by atoms with van der Waals surface area (Å²) >= 11 is 0. The monoisotopic (exact) mass is 338 g/mol. The van der Waals surface area contributed by atoms with Crippen LogP contribution in [0.5, 0.6) is 0 Å². The van der Waals surface area contributed by atoms with Crippen LogP contribution in [0.3, 0.4) is 0 Å². The second-order valence-electron chi connectivity index (χ2n) is 5.44. The number of carbonyl (C=O) groups excluding carboxylic acids is 2. The minimum Gasteiger partial charge on any atom is -0.469 e. The molecule has 0 saturated carbocycles. The summed E-state index contributed by atoms with van der Waals surface area (Å²) in [6, 6.07) is 13.8. The number of amides is 2. The van der Waals surface area contributed by atoms with Crippen molar-refractivity contribution in [2.24, 2.45) is 0 Å². The van der Waals surface area contributed by atoms with E-state index in [2.05, 4.69) is 5.32 Å². The zero-order chi connectivity index (χ0) is 17.6. The molecule has 2 aromatic heterocycles. The molecule has 0 saturated heterocycles. The van der Waals surface area contributed by atoms with Crippen LogP contribution in [0.1, 0.15) is 26.7 Å². The van der Waals surface area contributed by atoms with Crippen LogP contribution in [-0.4, -0.2) is 25.4 Å². The van der Waals surface area contributed by atoms with Gasteiger partial charge in [-0.15, -0.1) is 0 Å². The van der Waals surface area contributed by atoms with Gasteiger partial charge in [0.05, 0.1) is 23.8 Å². The summed E-state index contributed by atoms with van der Waals surface area (Å²) in [7, 11) is 1.61. The van der Waals surface area contributed by atoms with Crippen LogP contribution in [0.25, 0.3) is 0 Å². The molecule has 0 fully saturated rings. The molecular weight excluding hydrogens is 320 g/mol. The first kappa shape index (κ1) is 16.6. The average molecular weight is 338 g/mol. The first-order chi connectivity index (χ1) is 12.2. The van der Waals surface area contributed by atoms with Crippen molar-refractivity contribution in [2.45, 2.75) is 6.42 Å². The Bertz CT molecular complexity index is 838. The maximum atomic E-state index is 12.5. The fraction of sp³-hybridized carbons (Fsp3) is 0.158. The van der Waals surface area contributed by atoms with Crippen molar-refractivity contribution in [1.29, 1.82) is 0 Å². The number of anilines is 1. The van der Waals surface area contributed by atoms with Crippen LogP contribution >= 0.6 is 0 Å². The molecular formula is C19H18N2O4. The molecule has 128 valence electrons. The van der Waals surface area contributed by atoms with Gasteiger partial charge in [0.15, 0.2) is 5.76 Å². The van der Waals surface area contributed by atoms with E-state index in [0.717, 1.165) is 5.76 Å². The first-order valence-electron chi connectivity index (χ1n) is 7.88. The van der Waals surface area contributed by atoms with E-state index in [4.69, 9.17) is 8.83 Å². The van der Waals surface area contributed by atoms with Crippen molar-refractivity contribution in [3.63, 3.8) is 0 Å². The lowest BCUT2D eigenvalue weighted by molar-refractivity contribution is 0.0953. The third-order valence-corrected chi connectivity index (χ3v) is 3.78. The van der Waals surface area contributed by atoms with E-state index in [1.54, 1.807) is 49.7 Å². The molecule has 1 aromatic carbocycles. The van der Waals surface area contributed by atoms with Crippen LogP contribution in [0, 0.1) is 0 Å². The second-order valence-corrected chi connectivity index (χ2v) is 5.44. The van der Waals surface area contributed by atoms with Gasteiger partial charge in [0.25, 0.3) is 11.8 Å². The zero-order valence-corrected chi connectivity index (χ0v) is 13.8. The summed E-state index contributed by atoms with van der Waals surface area (Å²) in [6.07, 6.45) is 3.64. The van der Waals surface area contributed by atoms with Crippen LogP contribution in [0.15, 0.2) is 69.9 Å². The number of hydrogen-bond donors (Lipinski definition) is 1. The molecule has 3 aromatic rings. The van der Waals surface area contributed by atoms with Crippen molar-refractivity contribution in [3.05, 3.63) is 78.1 Å². The summed E-state index contributed by atoms with van der Waals surface area (Å²) in [5, 5.41) is 2.85. The van der Waals surface area contributed by atoms with Gasteiger partial charge in [-0.25, -0.2) is 0 Å². The van der Waals surface area contributed by atoms with Crippen molar-refractivity contribution in [2.75, 3.05) is 18.5 Å². The van der Waals surface area contributed by atoms with Crippen molar-refractivity contribution in [1.82, 2.24) is 5.32 Å². The Morgan fingerprint density at radius 2 is 1.76 bits per heavy atom. The van der Waals surface area contributed by atoms with Gasteiger partial charge < -0.3 is 19.1 Å². The van der Waals surface area contributed by atoms with E-state index in [9.17, 15) is 9.59 Å². The fourth-order valence-corrected chi connectivity index (χ4v) is 2.48. The lowest BCUT2D eigenvalue weighted by Crippen LogP contribution is -2.31. The van der Waals surface area contributed by atoms with E-state index in [1.807, 2.05) is 12.1 Å². The SMILES string of the molecule is CN(C(=O)c1ccco1)c1ccccc1C(=O)NCCc1ccco1. The predicted molar refractivity (Wildman–Crippen MR) is 92.6 cm³/mol. The Kier molecular flexibility index (Phi) is 4.99. The molecule has 6 heteroatoms. The van der Waals surface area contributed by atoms with Gasteiger partial charge in [0.2, 0.25) is 0 Å². The normalized spacial score (nSPS) is 10.4. The van der Waals surface area contributed by atoms with E-state index in [0.29, 0.717) is 24.2 Å². The van der Waals surface area contributed by atoms with Gasteiger partial charge in [0.1, 0.15) is 5.76 Å².